The molecule has 4 heteroatoms. The summed E-state index contributed by atoms with van der Waals surface area (Å²) in [5, 5.41) is 2.86. The lowest BCUT2D eigenvalue weighted by Crippen LogP contribution is -1.97. The van der Waals surface area contributed by atoms with Crippen molar-refractivity contribution >= 4 is 27.2 Å². The van der Waals surface area contributed by atoms with E-state index in [0.717, 1.165) is 15.8 Å². The highest BCUT2D eigenvalue weighted by Crippen LogP contribution is 2.38. The predicted molar refractivity (Wildman–Crippen MR) is 71.1 cm³/mol. The Hall–Kier alpha value is -1.60. The normalized spacial score (nSPS) is 10.8. The molecule has 0 radical (unpaired) electrons. The zero-order valence-corrected chi connectivity index (χ0v) is 11.0. The molecular formula is C13H14N2OS. The van der Waals surface area contributed by atoms with Crippen molar-refractivity contribution in [3.05, 3.63) is 28.4 Å². The molecule has 0 N–H and O–H groups in total. The minimum atomic E-state index is 0.356. The topological polar surface area (TPSA) is 26.5 Å². The van der Waals surface area contributed by atoms with Gasteiger partial charge in [0.2, 0.25) is 11.6 Å². The van der Waals surface area contributed by atoms with Crippen LogP contribution in [0.15, 0.2) is 11.4 Å². The zero-order chi connectivity index (χ0) is 12.4. The van der Waals surface area contributed by atoms with Crippen molar-refractivity contribution < 1.29 is 4.74 Å². The van der Waals surface area contributed by atoms with Gasteiger partial charge in [-0.1, -0.05) is 13.8 Å². The molecule has 2 aromatic heterocycles. The van der Waals surface area contributed by atoms with Crippen LogP contribution in [0.5, 0.6) is 5.88 Å². The maximum atomic E-state index is 7.19. The first-order valence-corrected chi connectivity index (χ1v) is 6.47. The van der Waals surface area contributed by atoms with Crippen molar-refractivity contribution in [3.8, 4) is 5.88 Å². The lowest BCUT2D eigenvalue weighted by molar-refractivity contribution is 0.328. The van der Waals surface area contributed by atoms with Crippen LogP contribution >= 0.6 is 11.3 Å². The Morgan fingerprint density at radius 2 is 2.29 bits per heavy atom. The van der Waals surface area contributed by atoms with E-state index in [0.29, 0.717) is 24.1 Å². The van der Waals surface area contributed by atoms with Crippen LogP contribution in [0.3, 0.4) is 0 Å². The molecule has 0 unspecified atom stereocenters. The third-order valence-electron chi connectivity index (χ3n) is 2.57. The summed E-state index contributed by atoms with van der Waals surface area (Å²) in [5.41, 5.74) is 1.84. The highest BCUT2D eigenvalue weighted by atomic mass is 32.1. The first-order chi connectivity index (χ1) is 8.17. The van der Waals surface area contributed by atoms with Gasteiger partial charge in [-0.05, 0) is 23.8 Å². The van der Waals surface area contributed by atoms with Gasteiger partial charge in [0.1, 0.15) is 4.83 Å². The van der Waals surface area contributed by atoms with Gasteiger partial charge < -0.3 is 4.74 Å². The van der Waals surface area contributed by atoms with Gasteiger partial charge in [0.15, 0.2) is 0 Å². The van der Waals surface area contributed by atoms with Gasteiger partial charge in [-0.3, -0.25) is 0 Å². The first-order valence-electron chi connectivity index (χ1n) is 5.59. The van der Waals surface area contributed by atoms with Crippen LogP contribution in [0.2, 0.25) is 0 Å². The van der Waals surface area contributed by atoms with E-state index >= 15 is 0 Å². The lowest BCUT2D eigenvalue weighted by atomic mass is 10.0. The van der Waals surface area contributed by atoms with Crippen molar-refractivity contribution in [1.82, 2.24) is 4.98 Å². The van der Waals surface area contributed by atoms with Crippen molar-refractivity contribution in [2.45, 2.75) is 26.7 Å². The summed E-state index contributed by atoms with van der Waals surface area (Å²) in [6, 6.07) is 1.96. The lowest BCUT2D eigenvalue weighted by Gasteiger charge is -2.10. The molecule has 2 heterocycles. The van der Waals surface area contributed by atoms with E-state index in [1.165, 1.54) is 11.3 Å². The highest BCUT2D eigenvalue weighted by Gasteiger charge is 2.14. The summed E-state index contributed by atoms with van der Waals surface area (Å²) in [6.45, 7) is 14.0. The molecule has 2 aromatic rings. The molecule has 0 atom stereocenters. The Balaban J connectivity index is 2.71. The Morgan fingerprint density at radius 1 is 1.53 bits per heavy atom. The second kappa shape index (κ2) is 4.72. The summed E-state index contributed by atoms with van der Waals surface area (Å²) in [5.74, 6) is 1.01. The number of pyridine rings is 1. The van der Waals surface area contributed by atoms with Crippen molar-refractivity contribution in [2.24, 2.45) is 0 Å². The SMILES string of the molecule is [C-]#[N+]c1csc2nc(OCC)cc(C(C)C)c12. The molecule has 0 aliphatic heterocycles. The molecule has 0 fully saturated rings. The average Bonchev–Trinajstić information content (AvgIpc) is 2.71. The molecule has 0 bridgehead atoms. The molecule has 0 saturated heterocycles. The minimum Gasteiger partial charge on any atom is -0.478 e. The molecule has 0 aliphatic rings. The predicted octanol–water partition coefficient (Wildman–Crippen LogP) is 4.37. The number of hydrogen-bond acceptors (Lipinski definition) is 3. The van der Waals surface area contributed by atoms with Crippen LogP contribution in [0.4, 0.5) is 5.69 Å². The minimum absolute atomic E-state index is 0.356. The van der Waals surface area contributed by atoms with Gasteiger partial charge in [-0.15, -0.1) is 11.3 Å². The summed E-state index contributed by atoms with van der Waals surface area (Å²) in [6.07, 6.45) is 0. The number of hydrogen-bond donors (Lipinski definition) is 0. The zero-order valence-electron chi connectivity index (χ0n) is 10.2. The van der Waals surface area contributed by atoms with Crippen molar-refractivity contribution in [2.75, 3.05) is 6.61 Å². The molecule has 0 aromatic carbocycles. The van der Waals surface area contributed by atoms with Crippen LogP contribution in [0.25, 0.3) is 15.1 Å². The molecule has 0 amide bonds. The van der Waals surface area contributed by atoms with Crippen LogP contribution in [-0.4, -0.2) is 11.6 Å². The average molecular weight is 246 g/mol. The Morgan fingerprint density at radius 3 is 2.88 bits per heavy atom. The van der Waals surface area contributed by atoms with E-state index in [1.54, 1.807) is 0 Å². The summed E-state index contributed by atoms with van der Waals surface area (Å²) >= 11 is 1.51. The van der Waals surface area contributed by atoms with E-state index in [1.807, 2.05) is 18.4 Å². The smallest absolute Gasteiger partial charge is 0.214 e. The quantitative estimate of drug-likeness (QED) is 0.752. The fraction of sp³-hybridized carbons (Fsp3) is 0.385. The van der Waals surface area contributed by atoms with Gasteiger partial charge >= 0.3 is 0 Å². The van der Waals surface area contributed by atoms with E-state index in [4.69, 9.17) is 11.3 Å². The summed E-state index contributed by atoms with van der Waals surface area (Å²) in [7, 11) is 0. The summed E-state index contributed by atoms with van der Waals surface area (Å²) in [4.78, 5) is 8.88. The number of nitrogens with zero attached hydrogens (tertiary/aromatic N) is 2. The highest BCUT2D eigenvalue weighted by molar-refractivity contribution is 7.17. The second-order valence-corrected chi connectivity index (χ2v) is 4.91. The molecule has 0 saturated carbocycles. The van der Waals surface area contributed by atoms with E-state index in [2.05, 4.69) is 23.7 Å². The molecule has 0 aliphatic carbocycles. The van der Waals surface area contributed by atoms with Gasteiger partial charge in [-0.2, -0.15) is 0 Å². The van der Waals surface area contributed by atoms with Crippen LogP contribution in [-0.2, 0) is 0 Å². The van der Waals surface area contributed by atoms with Crippen molar-refractivity contribution in [3.63, 3.8) is 0 Å². The molecule has 88 valence electrons. The van der Waals surface area contributed by atoms with Crippen LogP contribution in [0.1, 0.15) is 32.3 Å². The van der Waals surface area contributed by atoms with Gasteiger partial charge in [0, 0.05) is 11.5 Å². The third-order valence-corrected chi connectivity index (χ3v) is 3.43. The standard InChI is InChI=1S/C13H14N2OS/c1-5-16-11-6-9(8(2)3)12-10(14-4)7-17-13(12)15-11/h6-8H,5H2,1-3H3. The Labute approximate surface area is 105 Å². The number of fused-ring (bicyclic) bond motifs is 1. The first kappa shape index (κ1) is 11.9. The number of thiophene rings is 1. The molecule has 17 heavy (non-hydrogen) atoms. The fourth-order valence-electron chi connectivity index (χ4n) is 1.79. The van der Waals surface area contributed by atoms with Gasteiger partial charge in [-0.25, -0.2) is 9.83 Å². The maximum absolute atomic E-state index is 7.19. The second-order valence-electron chi connectivity index (χ2n) is 4.05. The van der Waals surface area contributed by atoms with E-state index in [9.17, 15) is 0 Å². The number of ether oxygens (including phenoxy) is 1. The van der Waals surface area contributed by atoms with Crippen LogP contribution in [0, 0.1) is 6.57 Å². The molecular weight excluding hydrogens is 232 g/mol. The number of aromatic nitrogens is 1. The Bertz CT molecular complexity index is 581. The van der Waals surface area contributed by atoms with Crippen LogP contribution < -0.4 is 4.74 Å². The fourth-order valence-corrected chi connectivity index (χ4v) is 2.67. The van der Waals surface area contributed by atoms with E-state index in [-0.39, 0.29) is 0 Å². The van der Waals surface area contributed by atoms with Gasteiger partial charge in [0.25, 0.3) is 0 Å². The van der Waals surface area contributed by atoms with Gasteiger partial charge in [0.05, 0.1) is 13.2 Å². The third kappa shape index (κ3) is 2.11. The molecule has 3 nitrogen and oxygen atoms in total. The molecule has 0 spiro atoms. The summed E-state index contributed by atoms with van der Waals surface area (Å²) < 4.78 is 5.47. The monoisotopic (exact) mass is 246 g/mol. The Kier molecular flexibility index (Phi) is 3.30. The maximum Gasteiger partial charge on any atom is 0.214 e. The van der Waals surface area contributed by atoms with E-state index < -0.39 is 0 Å². The number of rotatable bonds is 3. The van der Waals surface area contributed by atoms with Crippen molar-refractivity contribution in [1.29, 1.82) is 0 Å². The largest absolute Gasteiger partial charge is 0.478 e. The molecule has 2 rings (SSSR count).